The van der Waals surface area contributed by atoms with E-state index in [1.807, 2.05) is 20.8 Å². The summed E-state index contributed by atoms with van der Waals surface area (Å²) >= 11 is 11.8. The second-order valence-electron chi connectivity index (χ2n) is 5.96. The number of rotatable bonds is 9. The van der Waals surface area contributed by atoms with Gasteiger partial charge in [-0.05, 0) is 24.5 Å². The average Bonchev–Trinajstić information content (AvgIpc) is 2.51. The van der Waals surface area contributed by atoms with Crippen molar-refractivity contribution in [1.82, 2.24) is 0 Å². The van der Waals surface area contributed by atoms with Gasteiger partial charge >= 0.3 is 11.9 Å². The molecule has 0 fully saturated rings. The van der Waals surface area contributed by atoms with Crippen molar-refractivity contribution in [2.24, 2.45) is 5.92 Å². The third-order valence-corrected chi connectivity index (χ3v) is 4.12. The molecule has 0 amide bonds. The lowest BCUT2D eigenvalue weighted by Gasteiger charge is -2.20. The summed E-state index contributed by atoms with van der Waals surface area (Å²) in [7, 11) is 0. The lowest BCUT2D eigenvalue weighted by molar-refractivity contribution is -0.156. The monoisotopic (exact) mass is 374 g/mol. The molecule has 0 bridgehead atoms. The summed E-state index contributed by atoms with van der Waals surface area (Å²) in [5.74, 6) is -0.578. The minimum absolute atomic E-state index is 0.0129. The molecule has 1 rings (SSSR count). The van der Waals surface area contributed by atoms with Crippen molar-refractivity contribution in [2.45, 2.75) is 59.2 Å². The van der Waals surface area contributed by atoms with Crippen LogP contribution in [0.5, 0.6) is 0 Å². The van der Waals surface area contributed by atoms with E-state index in [4.69, 9.17) is 32.7 Å². The third kappa shape index (κ3) is 7.54. The summed E-state index contributed by atoms with van der Waals surface area (Å²) < 4.78 is 10.5. The first-order valence-corrected chi connectivity index (χ1v) is 8.88. The van der Waals surface area contributed by atoms with Crippen LogP contribution in [0, 0.1) is 5.92 Å². The smallest absolute Gasteiger partial charge is 0.306 e. The zero-order chi connectivity index (χ0) is 18.1. The average molecular weight is 375 g/mol. The number of carbonyl (C=O) groups excluding carboxylic acids is 2. The molecule has 0 aliphatic rings. The van der Waals surface area contributed by atoms with E-state index < -0.39 is 5.97 Å². The molecule has 0 aliphatic carbocycles. The van der Waals surface area contributed by atoms with Gasteiger partial charge < -0.3 is 9.47 Å². The first kappa shape index (κ1) is 20.8. The largest absolute Gasteiger partial charge is 0.462 e. The molecule has 0 heterocycles. The van der Waals surface area contributed by atoms with Crippen molar-refractivity contribution < 1.29 is 19.1 Å². The Bertz CT molecular complexity index is 558. The van der Waals surface area contributed by atoms with E-state index >= 15 is 0 Å². The van der Waals surface area contributed by atoms with Crippen LogP contribution in [0.1, 0.15) is 52.0 Å². The topological polar surface area (TPSA) is 52.6 Å². The van der Waals surface area contributed by atoms with E-state index in [1.165, 1.54) is 0 Å². The number of halogens is 2. The van der Waals surface area contributed by atoms with Crippen LogP contribution in [0.3, 0.4) is 0 Å². The number of benzene rings is 1. The summed E-state index contributed by atoms with van der Waals surface area (Å²) in [5, 5.41) is 0.957. The lowest BCUT2D eigenvalue weighted by Crippen LogP contribution is -2.24. The predicted octanol–water partition coefficient (Wildman–Crippen LogP) is 5.18. The highest BCUT2D eigenvalue weighted by Crippen LogP contribution is 2.21. The van der Waals surface area contributed by atoms with Gasteiger partial charge in [0.05, 0.1) is 12.8 Å². The molecule has 1 atom stereocenters. The van der Waals surface area contributed by atoms with Gasteiger partial charge in [0.1, 0.15) is 12.7 Å². The molecule has 0 saturated carbocycles. The molecular formula is C18H24Cl2O4. The first-order valence-electron chi connectivity index (χ1n) is 8.12. The second-order valence-corrected chi connectivity index (χ2v) is 6.80. The van der Waals surface area contributed by atoms with Gasteiger partial charge in [-0.3, -0.25) is 9.59 Å². The number of carbonyl (C=O) groups is 2. The van der Waals surface area contributed by atoms with Crippen molar-refractivity contribution in [1.29, 1.82) is 0 Å². The van der Waals surface area contributed by atoms with Gasteiger partial charge in [0.2, 0.25) is 0 Å². The van der Waals surface area contributed by atoms with Crippen LogP contribution in [-0.4, -0.2) is 18.0 Å². The Balaban J connectivity index is 2.36. The molecule has 1 aromatic rings. The van der Waals surface area contributed by atoms with Crippen LogP contribution in [0.4, 0.5) is 0 Å². The summed E-state index contributed by atoms with van der Waals surface area (Å²) in [5.41, 5.74) is 0.666. The third-order valence-electron chi connectivity index (χ3n) is 3.54. The van der Waals surface area contributed by atoms with E-state index in [0.29, 0.717) is 15.6 Å². The van der Waals surface area contributed by atoms with Gasteiger partial charge in [0.15, 0.2) is 0 Å². The molecule has 24 heavy (non-hydrogen) atoms. The van der Waals surface area contributed by atoms with Crippen molar-refractivity contribution >= 4 is 35.1 Å². The number of hydrogen-bond acceptors (Lipinski definition) is 4. The van der Waals surface area contributed by atoms with Crippen LogP contribution in [-0.2, 0) is 25.7 Å². The molecule has 1 aromatic carbocycles. The van der Waals surface area contributed by atoms with Gasteiger partial charge in [-0.1, -0.05) is 56.5 Å². The van der Waals surface area contributed by atoms with Crippen LogP contribution in [0.15, 0.2) is 18.2 Å². The molecule has 134 valence electrons. The fourth-order valence-electron chi connectivity index (χ4n) is 2.11. The van der Waals surface area contributed by atoms with Gasteiger partial charge in [-0.15, -0.1) is 0 Å². The highest BCUT2D eigenvalue weighted by Gasteiger charge is 2.18. The lowest BCUT2D eigenvalue weighted by atomic mass is 10.0. The standard InChI is InChI=1S/C18H24Cl2O4/c1-4-5-16(12(2)3)24-18(22)9-8-17(21)23-11-13-6-7-14(19)10-15(13)20/h6-7,10,12,16H,4-5,8-9,11H2,1-3H3. The molecule has 1 unspecified atom stereocenters. The molecule has 4 nitrogen and oxygen atoms in total. The van der Waals surface area contributed by atoms with E-state index in [0.717, 1.165) is 12.8 Å². The molecule has 0 aliphatic heterocycles. The minimum atomic E-state index is -0.463. The Morgan fingerprint density at radius 2 is 1.79 bits per heavy atom. The SMILES string of the molecule is CCCC(OC(=O)CCC(=O)OCc1ccc(Cl)cc1Cl)C(C)C. The Kier molecular flexibility index (Phi) is 9.16. The van der Waals surface area contributed by atoms with Gasteiger partial charge in [0.25, 0.3) is 0 Å². The quantitative estimate of drug-likeness (QED) is 0.558. The van der Waals surface area contributed by atoms with E-state index in [-0.39, 0.29) is 37.4 Å². The predicted molar refractivity (Wildman–Crippen MR) is 95.1 cm³/mol. The van der Waals surface area contributed by atoms with Crippen molar-refractivity contribution in [3.05, 3.63) is 33.8 Å². The first-order chi connectivity index (χ1) is 11.3. The van der Waals surface area contributed by atoms with Crippen LogP contribution < -0.4 is 0 Å². The van der Waals surface area contributed by atoms with Crippen LogP contribution in [0.2, 0.25) is 10.0 Å². The Labute approximate surface area is 153 Å². The molecule has 0 radical (unpaired) electrons. The van der Waals surface area contributed by atoms with E-state index in [9.17, 15) is 9.59 Å². The number of hydrogen-bond donors (Lipinski definition) is 0. The van der Waals surface area contributed by atoms with Gasteiger partial charge in [0, 0.05) is 15.6 Å². The highest BCUT2D eigenvalue weighted by molar-refractivity contribution is 6.35. The molecule has 0 saturated heterocycles. The second kappa shape index (κ2) is 10.6. The van der Waals surface area contributed by atoms with Crippen molar-refractivity contribution in [2.75, 3.05) is 0 Å². The van der Waals surface area contributed by atoms with E-state index in [2.05, 4.69) is 0 Å². The zero-order valence-electron chi connectivity index (χ0n) is 14.3. The fraction of sp³-hybridized carbons (Fsp3) is 0.556. The summed E-state index contributed by atoms with van der Waals surface area (Å²) in [6, 6.07) is 4.96. The molecule has 0 spiro atoms. The van der Waals surface area contributed by atoms with Crippen LogP contribution in [0.25, 0.3) is 0 Å². The Hall–Kier alpha value is -1.26. The maximum absolute atomic E-state index is 11.8. The normalized spacial score (nSPS) is 12.1. The fourth-order valence-corrected chi connectivity index (χ4v) is 2.58. The highest BCUT2D eigenvalue weighted by atomic mass is 35.5. The summed E-state index contributed by atoms with van der Waals surface area (Å²) in [6.07, 6.45) is 1.66. The summed E-state index contributed by atoms with van der Waals surface area (Å²) in [4.78, 5) is 23.6. The van der Waals surface area contributed by atoms with Gasteiger partial charge in [-0.25, -0.2) is 0 Å². The molecule has 0 aromatic heterocycles. The maximum atomic E-state index is 11.8. The van der Waals surface area contributed by atoms with Crippen molar-refractivity contribution in [3.63, 3.8) is 0 Å². The Morgan fingerprint density at radius 3 is 2.38 bits per heavy atom. The molecular weight excluding hydrogens is 351 g/mol. The minimum Gasteiger partial charge on any atom is -0.462 e. The Morgan fingerprint density at radius 1 is 1.12 bits per heavy atom. The maximum Gasteiger partial charge on any atom is 0.306 e. The molecule has 0 N–H and O–H groups in total. The summed E-state index contributed by atoms with van der Waals surface area (Å²) in [6.45, 7) is 6.12. The number of esters is 2. The zero-order valence-corrected chi connectivity index (χ0v) is 15.8. The van der Waals surface area contributed by atoms with Crippen LogP contribution >= 0.6 is 23.2 Å². The van der Waals surface area contributed by atoms with Crippen molar-refractivity contribution in [3.8, 4) is 0 Å². The van der Waals surface area contributed by atoms with Gasteiger partial charge in [-0.2, -0.15) is 0 Å². The van der Waals surface area contributed by atoms with E-state index in [1.54, 1.807) is 18.2 Å². The number of ether oxygens (including phenoxy) is 2. The molecule has 6 heteroatoms.